The molecule has 0 saturated heterocycles. The number of benzene rings is 1. The molecule has 0 aliphatic carbocycles. The molecule has 0 fully saturated rings. The summed E-state index contributed by atoms with van der Waals surface area (Å²) in [5.74, 6) is -0.451. The van der Waals surface area contributed by atoms with Crippen molar-refractivity contribution in [2.45, 2.75) is 26.4 Å². The summed E-state index contributed by atoms with van der Waals surface area (Å²) in [6.07, 6.45) is -0.433. The predicted molar refractivity (Wildman–Crippen MR) is 72.3 cm³/mol. The zero-order valence-corrected chi connectivity index (χ0v) is 12.4. The van der Waals surface area contributed by atoms with Gasteiger partial charge >= 0.3 is 16.6 Å². The van der Waals surface area contributed by atoms with Crippen LogP contribution in [0.15, 0.2) is 18.2 Å². The van der Waals surface area contributed by atoms with Gasteiger partial charge < -0.3 is 8.92 Å². The molecule has 0 aliphatic heterocycles. The largest absolute Gasteiger partial charge is 0.488 e. The van der Waals surface area contributed by atoms with Gasteiger partial charge in [0.05, 0.1) is 0 Å². The van der Waals surface area contributed by atoms with E-state index in [-0.39, 0.29) is 11.3 Å². The number of hydrogen-bond acceptors (Lipinski definition) is 6. The van der Waals surface area contributed by atoms with E-state index >= 15 is 0 Å². The summed E-state index contributed by atoms with van der Waals surface area (Å²) >= 11 is 0. The smallest absolute Gasteiger partial charge is 0.444 e. The number of carbonyl (C=O) groups is 2. The lowest BCUT2D eigenvalue weighted by Crippen LogP contribution is -2.27. The number of ether oxygens (including phenoxy) is 1. The van der Waals surface area contributed by atoms with Gasteiger partial charge in [0.25, 0.3) is 0 Å². The van der Waals surface area contributed by atoms with Crippen molar-refractivity contribution in [3.8, 4) is 5.75 Å². The van der Waals surface area contributed by atoms with Crippen LogP contribution < -0.4 is 9.50 Å². The molecular formula is C12H14FNO6S. The fourth-order valence-corrected chi connectivity index (χ4v) is 1.67. The molecule has 9 heteroatoms. The highest BCUT2D eigenvalue weighted by molar-refractivity contribution is 7.81. The van der Waals surface area contributed by atoms with Gasteiger partial charge in [0.15, 0.2) is 0 Å². The van der Waals surface area contributed by atoms with Crippen LogP contribution in [0.1, 0.15) is 31.1 Å². The molecule has 7 nitrogen and oxygen atoms in total. The summed E-state index contributed by atoms with van der Waals surface area (Å²) in [6.45, 7) is 4.95. The Morgan fingerprint density at radius 3 is 2.38 bits per heavy atom. The Balaban J connectivity index is 2.99. The number of rotatable bonds is 4. The van der Waals surface area contributed by atoms with Gasteiger partial charge in [0.2, 0.25) is 0 Å². The number of halogens is 1. The van der Waals surface area contributed by atoms with Gasteiger partial charge in [-0.25, -0.2) is 4.79 Å². The normalized spacial score (nSPS) is 11.6. The van der Waals surface area contributed by atoms with Crippen LogP contribution in [0.2, 0.25) is 0 Å². The monoisotopic (exact) mass is 319 g/mol. The SMILES string of the molecule is CC(C)(C)OC(=O)Nc1cc(C=O)cc(OS(=O)(=O)F)c1. The molecule has 1 amide bonds. The number of amides is 1. The van der Waals surface area contributed by atoms with Crippen molar-refractivity contribution < 1.29 is 30.8 Å². The quantitative estimate of drug-likeness (QED) is 0.676. The average Bonchev–Trinajstić information content (AvgIpc) is 2.22. The summed E-state index contributed by atoms with van der Waals surface area (Å²) in [6, 6.07) is 3.28. The van der Waals surface area contributed by atoms with E-state index in [2.05, 4.69) is 9.50 Å². The van der Waals surface area contributed by atoms with Crippen molar-refractivity contribution in [3.63, 3.8) is 0 Å². The Labute approximate surface area is 121 Å². The molecule has 1 rings (SSSR count). The van der Waals surface area contributed by atoms with Gasteiger partial charge in [0, 0.05) is 17.3 Å². The van der Waals surface area contributed by atoms with Gasteiger partial charge in [-0.3, -0.25) is 10.1 Å². The van der Waals surface area contributed by atoms with Crippen molar-refractivity contribution in [2.75, 3.05) is 5.32 Å². The number of anilines is 1. The average molecular weight is 319 g/mol. The molecule has 0 unspecified atom stereocenters. The summed E-state index contributed by atoms with van der Waals surface area (Å²) in [5.41, 5.74) is -0.733. The Bertz CT molecular complexity index is 650. The molecule has 116 valence electrons. The Kier molecular flexibility index (Phi) is 4.89. The lowest BCUT2D eigenvalue weighted by atomic mass is 10.2. The van der Waals surface area contributed by atoms with E-state index in [0.717, 1.165) is 12.1 Å². The molecule has 21 heavy (non-hydrogen) atoms. The van der Waals surface area contributed by atoms with Crippen LogP contribution in [-0.2, 0) is 15.2 Å². The van der Waals surface area contributed by atoms with Crippen molar-refractivity contribution in [1.82, 2.24) is 0 Å². The van der Waals surface area contributed by atoms with E-state index in [1.165, 1.54) is 6.07 Å². The third kappa shape index (κ3) is 6.70. The standard InChI is InChI=1S/C12H14FNO6S/c1-12(2,3)19-11(16)14-9-4-8(7-15)5-10(6-9)20-21(13,17)18/h4-7H,1-3H3,(H,14,16). The maximum Gasteiger partial charge on any atom is 0.488 e. The number of carbonyl (C=O) groups excluding carboxylic acids is 2. The molecular weight excluding hydrogens is 305 g/mol. The second-order valence-corrected chi connectivity index (χ2v) is 5.96. The highest BCUT2D eigenvalue weighted by atomic mass is 32.3. The fraction of sp³-hybridized carbons (Fsp3) is 0.333. The first-order chi connectivity index (χ1) is 9.48. The molecule has 0 spiro atoms. The lowest BCUT2D eigenvalue weighted by molar-refractivity contribution is 0.0635. The van der Waals surface area contributed by atoms with Crippen molar-refractivity contribution in [2.24, 2.45) is 0 Å². The minimum Gasteiger partial charge on any atom is -0.444 e. The zero-order chi connectivity index (χ0) is 16.3. The summed E-state index contributed by atoms with van der Waals surface area (Å²) in [7, 11) is -5.24. The number of hydrogen-bond donors (Lipinski definition) is 1. The molecule has 0 aromatic heterocycles. The van der Waals surface area contributed by atoms with Crippen LogP contribution in [0.5, 0.6) is 5.75 Å². The minimum atomic E-state index is -5.24. The Morgan fingerprint density at radius 2 is 1.90 bits per heavy atom. The van der Waals surface area contributed by atoms with Crippen LogP contribution in [0, 0.1) is 0 Å². The Morgan fingerprint density at radius 1 is 1.29 bits per heavy atom. The second kappa shape index (κ2) is 6.08. The molecule has 0 atom stereocenters. The van der Waals surface area contributed by atoms with E-state index < -0.39 is 27.9 Å². The first-order valence-corrected chi connectivity index (χ1v) is 7.04. The van der Waals surface area contributed by atoms with Crippen LogP contribution >= 0.6 is 0 Å². The molecule has 0 saturated carbocycles. The third-order valence-corrected chi connectivity index (χ3v) is 2.30. The molecule has 1 aromatic rings. The summed E-state index contributed by atoms with van der Waals surface area (Å²) in [4.78, 5) is 22.3. The number of nitrogens with one attached hydrogen (secondary N) is 1. The molecule has 1 aromatic carbocycles. The van der Waals surface area contributed by atoms with Crippen LogP contribution in [0.25, 0.3) is 0 Å². The molecule has 0 aliphatic rings. The van der Waals surface area contributed by atoms with Gasteiger partial charge in [-0.05, 0) is 32.9 Å². The number of aldehydes is 1. The van der Waals surface area contributed by atoms with Crippen molar-refractivity contribution in [3.05, 3.63) is 23.8 Å². The first-order valence-electron chi connectivity index (χ1n) is 5.73. The molecule has 0 radical (unpaired) electrons. The van der Waals surface area contributed by atoms with Gasteiger partial charge in [-0.1, -0.05) is 3.89 Å². The first kappa shape index (κ1) is 16.9. The highest BCUT2D eigenvalue weighted by Gasteiger charge is 2.17. The van der Waals surface area contributed by atoms with E-state index in [0.29, 0.717) is 6.29 Å². The van der Waals surface area contributed by atoms with E-state index in [1.54, 1.807) is 20.8 Å². The Hall–Kier alpha value is -2.16. The van der Waals surface area contributed by atoms with Crippen LogP contribution in [-0.4, -0.2) is 26.4 Å². The van der Waals surface area contributed by atoms with Gasteiger partial charge in [-0.15, -0.1) is 0 Å². The van der Waals surface area contributed by atoms with Crippen LogP contribution in [0.3, 0.4) is 0 Å². The second-order valence-electron chi connectivity index (χ2n) is 5.01. The topological polar surface area (TPSA) is 98.8 Å². The molecule has 0 bridgehead atoms. The lowest BCUT2D eigenvalue weighted by Gasteiger charge is -2.19. The van der Waals surface area contributed by atoms with Gasteiger partial charge in [-0.2, -0.15) is 8.42 Å². The van der Waals surface area contributed by atoms with Gasteiger partial charge in [0.1, 0.15) is 17.6 Å². The summed E-state index contributed by atoms with van der Waals surface area (Å²) < 4.78 is 42.3. The predicted octanol–water partition coefficient (Wildman–Crippen LogP) is 2.44. The minimum absolute atomic E-state index is 0.0118. The van der Waals surface area contributed by atoms with E-state index in [1.807, 2.05) is 0 Å². The molecule has 1 N–H and O–H groups in total. The third-order valence-electron chi connectivity index (χ3n) is 1.91. The van der Waals surface area contributed by atoms with Crippen molar-refractivity contribution in [1.29, 1.82) is 0 Å². The van der Waals surface area contributed by atoms with E-state index in [4.69, 9.17) is 4.74 Å². The maximum atomic E-state index is 12.5. The summed E-state index contributed by atoms with van der Waals surface area (Å²) in [5, 5.41) is 2.28. The maximum absolute atomic E-state index is 12.5. The fourth-order valence-electron chi connectivity index (χ4n) is 1.35. The van der Waals surface area contributed by atoms with Crippen molar-refractivity contribution >= 4 is 28.6 Å². The van der Waals surface area contributed by atoms with E-state index in [9.17, 15) is 21.9 Å². The zero-order valence-electron chi connectivity index (χ0n) is 11.5. The molecule has 0 heterocycles. The van der Waals surface area contributed by atoms with Crippen LogP contribution in [0.4, 0.5) is 14.4 Å². The highest BCUT2D eigenvalue weighted by Crippen LogP contribution is 2.22.